The van der Waals surface area contributed by atoms with Crippen LogP contribution in [0.3, 0.4) is 0 Å². The van der Waals surface area contributed by atoms with Crippen LogP contribution in [0.5, 0.6) is 5.75 Å². The highest BCUT2D eigenvalue weighted by molar-refractivity contribution is 14.1. The van der Waals surface area contributed by atoms with Crippen LogP contribution < -0.4 is 15.3 Å². The van der Waals surface area contributed by atoms with Crippen molar-refractivity contribution in [2.24, 2.45) is 5.10 Å². The number of carbonyl (C=O) groups excluding carboxylic acids is 2. The Balaban J connectivity index is 2.01. The third-order valence-corrected chi connectivity index (χ3v) is 3.46. The van der Waals surface area contributed by atoms with E-state index in [1.54, 1.807) is 36.4 Å². The molecule has 0 aliphatic carbocycles. The molecule has 0 aliphatic rings. The summed E-state index contributed by atoms with van der Waals surface area (Å²) in [7, 11) is 0. The number of halogens is 1. The van der Waals surface area contributed by atoms with Gasteiger partial charge in [-0.15, -0.1) is 0 Å². The molecular weight excluding hydrogens is 411 g/mol. The lowest BCUT2D eigenvalue weighted by Gasteiger charge is -2.09. The summed E-state index contributed by atoms with van der Waals surface area (Å²) in [5.41, 5.74) is 3.43. The van der Waals surface area contributed by atoms with Crippen LogP contribution in [0.2, 0.25) is 0 Å². The van der Waals surface area contributed by atoms with E-state index in [9.17, 15) is 14.7 Å². The maximum absolute atomic E-state index is 11.9. The zero-order chi connectivity index (χ0) is 16.7. The number of aliphatic carboxylic acids is 1. The summed E-state index contributed by atoms with van der Waals surface area (Å²) in [5, 5.41) is 14.3. The summed E-state index contributed by atoms with van der Waals surface area (Å²) < 4.78 is 6.12. The number of rotatable bonds is 6. The minimum absolute atomic E-state index is 0.337. The number of carboxylic acid groups (broad SMARTS) is 1. The first-order valence-electron chi connectivity index (χ1n) is 6.57. The van der Waals surface area contributed by atoms with Crippen molar-refractivity contribution in [3.8, 4) is 5.75 Å². The van der Waals surface area contributed by atoms with Crippen molar-refractivity contribution in [2.45, 2.75) is 0 Å². The SMILES string of the molecule is O=C([O-])COc1ccccc1C=NNC(=O)c1ccc(I)cc1. The number of para-hydroxylation sites is 1. The Labute approximate surface area is 146 Å². The standard InChI is InChI=1S/C16H13IN2O4/c17-13-7-5-11(6-8-13)16(22)19-18-9-12-3-1-2-4-14(12)23-10-15(20)21/h1-9H,10H2,(H,19,22)(H,20,21)/p-1. The number of hydrogen-bond donors (Lipinski definition) is 1. The molecule has 1 amide bonds. The number of amides is 1. The molecule has 6 nitrogen and oxygen atoms in total. The smallest absolute Gasteiger partial charge is 0.271 e. The molecule has 2 aromatic carbocycles. The first-order valence-corrected chi connectivity index (χ1v) is 7.65. The maximum Gasteiger partial charge on any atom is 0.271 e. The van der Waals surface area contributed by atoms with E-state index in [0.717, 1.165) is 3.57 Å². The summed E-state index contributed by atoms with van der Waals surface area (Å²) >= 11 is 2.15. The highest BCUT2D eigenvalue weighted by Gasteiger charge is 2.04. The molecule has 0 bridgehead atoms. The summed E-state index contributed by atoms with van der Waals surface area (Å²) in [6.07, 6.45) is 1.38. The second-order valence-electron chi connectivity index (χ2n) is 4.40. The van der Waals surface area contributed by atoms with Gasteiger partial charge in [0.2, 0.25) is 0 Å². The first kappa shape index (κ1) is 16.9. The van der Waals surface area contributed by atoms with Crippen LogP contribution in [-0.4, -0.2) is 24.7 Å². The largest absolute Gasteiger partial charge is 0.546 e. The minimum atomic E-state index is -1.32. The molecule has 0 aromatic heterocycles. The number of benzene rings is 2. The second-order valence-corrected chi connectivity index (χ2v) is 5.65. The molecule has 0 radical (unpaired) electrons. The molecule has 0 unspecified atom stereocenters. The molecule has 118 valence electrons. The molecule has 0 heterocycles. The normalized spacial score (nSPS) is 10.5. The van der Waals surface area contributed by atoms with Crippen LogP contribution in [0.1, 0.15) is 15.9 Å². The van der Waals surface area contributed by atoms with E-state index in [0.29, 0.717) is 16.9 Å². The van der Waals surface area contributed by atoms with E-state index in [-0.39, 0.29) is 5.91 Å². The van der Waals surface area contributed by atoms with Gasteiger partial charge in [-0.3, -0.25) is 4.79 Å². The summed E-state index contributed by atoms with van der Waals surface area (Å²) in [6, 6.07) is 13.8. The molecule has 2 aromatic rings. The Hall–Kier alpha value is -2.42. The van der Waals surface area contributed by atoms with Crippen molar-refractivity contribution in [1.29, 1.82) is 0 Å². The molecule has 1 N–H and O–H groups in total. The van der Waals surface area contributed by atoms with Crippen molar-refractivity contribution in [1.82, 2.24) is 5.43 Å². The van der Waals surface area contributed by atoms with E-state index in [2.05, 4.69) is 33.1 Å². The molecule has 0 aliphatic heterocycles. The fourth-order valence-electron chi connectivity index (χ4n) is 1.68. The Bertz CT molecular complexity index is 729. The minimum Gasteiger partial charge on any atom is -0.546 e. The van der Waals surface area contributed by atoms with Gasteiger partial charge in [0, 0.05) is 14.7 Å². The van der Waals surface area contributed by atoms with E-state index >= 15 is 0 Å². The molecule has 0 fully saturated rings. The van der Waals surface area contributed by atoms with Gasteiger partial charge in [-0.05, 0) is 59.0 Å². The molecule has 23 heavy (non-hydrogen) atoms. The van der Waals surface area contributed by atoms with E-state index in [1.807, 2.05) is 12.1 Å². The van der Waals surface area contributed by atoms with Crippen LogP contribution in [0, 0.1) is 3.57 Å². The van der Waals surface area contributed by atoms with Crippen LogP contribution in [0.25, 0.3) is 0 Å². The average Bonchev–Trinajstić information content (AvgIpc) is 2.54. The van der Waals surface area contributed by atoms with E-state index < -0.39 is 12.6 Å². The molecule has 2 rings (SSSR count). The van der Waals surface area contributed by atoms with Crippen molar-refractivity contribution >= 4 is 40.7 Å². The summed E-state index contributed by atoms with van der Waals surface area (Å²) in [4.78, 5) is 22.3. The first-order chi connectivity index (χ1) is 11.1. The van der Waals surface area contributed by atoms with E-state index in [1.165, 1.54) is 6.21 Å². The zero-order valence-electron chi connectivity index (χ0n) is 11.9. The zero-order valence-corrected chi connectivity index (χ0v) is 14.0. The van der Waals surface area contributed by atoms with Gasteiger partial charge in [-0.2, -0.15) is 5.10 Å². The molecule has 0 atom stereocenters. The lowest BCUT2D eigenvalue weighted by atomic mass is 10.2. The third kappa shape index (κ3) is 5.37. The number of nitrogens with one attached hydrogen (secondary N) is 1. The monoisotopic (exact) mass is 423 g/mol. The van der Waals surface area contributed by atoms with Gasteiger partial charge in [0.1, 0.15) is 12.4 Å². The highest BCUT2D eigenvalue weighted by Crippen LogP contribution is 2.15. The number of carboxylic acids is 1. The number of carbonyl (C=O) groups is 2. The van der Waals surface area contributed by atoms with Gasteiger partial charge in [-0.1, -0.05) is 12.1 Å². The predicted octanol–water partition coefficient (Wildman–Crippen LogP) is 1.18. The van der Waals surface area contributed by atoms with Crippen LogP contribution in [0.15, 0.2) is 53.6 Å². The average molecular weight is 423 g/mol. The lowest BCUT2D eigenvalue weighted by molar-refractivity contribution is -0.307. The Kier molecular flexibility index (Phi) is 6.10. The molecule has 7 heteroatoms. The molecule has 0 spiro atoms. The number of nitrogens with zero attached hydrogens (tertiary/aromatic N) is 1. The third-order valence-electron chi connectivity index (χ3n) is 2.74. The van der Waals surface area contributed by atoms with Gasteiger partial charge < -0.3 is 14.6 Å². The fraction of sp³-hybridized carbons (Fsp3) is 0.0625. The highest BCUT2D eigenvalue weighted by atomic mass is 127. The fourth-order valence-corrected chi connectivity index (χ4v) is 2.04. The van der Waals surface area contributed by atoms with Crippen LogP contribution in [0.4, 0.5) is 0 Å². The van der Waals surface area contributed by atoms with Crippen LogP contribution >= 0.6 is 22.6 Å². The summed E-state index contributed by atoms with van der Waals surface area (Å²) in [5.74, 6) is -1.32. The molecule has 0 saturated heterocycles. The Morgan fingerprint density at radius 1 is 1.17 bits per heavy atom. The van der Waals surface area contributed by atoms with Crippen molar-refractivity contribution in [2.75, 3.05) is 6.61 Å². The van der Waals surface area contributed by atoms with Gasteiger partial charge in [0.15, 0.2) is 0 Å². The Morgan fingerprint density at radius 2 is 1.87 bits per heavy atom. The predicted molar refractivity (Wildman–Crippen MR) is 91.2 cm³/mol. The number of hydrogen-bond acceptors (Lipinski definition) is 5. The van der Waals surface area contributed by atoms with Crippen molar-refractivity contribution < 1.29 is 19.4 Å². The molecule has 0 saturated carbocycles. The second kappa shape index (κ2) is 8.28. The van der Waals surface area contributed by atoms with Crippen molar-refractivity contribution in [3.63, 3.8) is 0 Å². The van der Waals surface area contributed by atoms with Crippen LogP contribution in [-0.2, 0) is 4.79 Å². The van der Waals surface area contributed by atoms with Gasteiger partial charge in [0.25, 0.3) is 5.91 Å². The maximum atomic E-state index is 11.9. The van der Waals surface area contributed by atoms with Gasteiger partial charge in [0.05, 0.1) is 12.2 Å². The molecular formula is C16H12IN2O4-. The number of ether oxygens (including phenoxy) is 1. The topological polar surface area (TPSA) is 90.8 Å². The lowest BCUT2D eigenvalue weighted by Crippen LogP contribution is -2.29. The van der Waals surface area contributed by atoms with E-state index in [4.69, 9.17) is 4.74 Å². The van der Waals surface area contributed by atoms with Crippen molar-refractivity contribution in [3.05, 3.63) is 63.2 Å². The van der Waals surface area contributed by atoms with Gasteiger partial charge in [-0.25, -0.2) is 5.43 Å². The Morgan fingerprint density at radius 3 is 2.57 bits per heavy atom. The van der Waals surface area contributed by atoms with Gasteiger partial charge >= 0.3 is 0 Å². The summed E-state index contributed by atoms with van der Waals surface area (Å²) in [6.45, 7) is -0.556. The quantitative estimate of drug-likeness (QED) is 0.430. The number of hydrazone groups is 1.